The molecule has 0 unspecified atom stereocenters. The minimum atomic E-state index is -4.61. The lowest BCUT2D eigenvalue weighted by atomic mass is 10.7. The van der Waals surface area contributed by atoms with Gasteiger partial charge in [-0.15, -0.1) is 0 Å². The van der Waals surface area contributed by atoms with Gasteiger partial charge in [0.2, 0.25) is 0 Å². The van der Waals surface area contributed by atoms with Gasteiger partial charge in [-0.3, -0.25) is 0 Å². The van der Waals surface area contributed by atoms with Gasteiger partial charge in [-0.1, -0.05) is 0 Å². The van der Waals surface area contributed by atoms with Gasteiger partial charge in [-0.25, -0.2) is 23.7 Å². The van der Waals surface area contributed by atoms with Gasteiger partial charge in [0.25, 0.3) is 0 Å². The highest BCUT2D eigenvalue weighted by Gasteiger charge is 2.36. The minimum Gasteiger partial charge on any atom is -0.473 e. The van der Waals surface area contributed by atoms with Gasteiger partial charge in [0.15, 0.2) is 10.8 Å². The van der Waals surface area contributed by atoms with E-state index in [1.165, 1.54) is 10.8 Å². The SMILES string of the molecule is N#CSOP(=O)(OSC#N)OC(=O)C(=O)O.O=C(O)C(=O)O. The molecule has 0 aliphatic rings. The molecule has 0 fully saturated rings. The molecular weight excluding hydrogens is 371 g/mol. The second-order valence-corrected chi connectivity index (χ2v) is 5.21. The molecule has 0 aliphatic heterocycles. The first-order chi connectivity index (χ1) is 10.1. The third-order valence-electron chi connectivity index (χ3n) is 0.884. The molecule has 0 aliphatic carbocycles. The third kappa shape index (κ3) is 11.5. The molecule has 0 rings (SSSR count). The van der Waals surface area contributed by atoms with Crippen molar-refractivity contribution in [3.05, 3.63) is 0 Å². The summed E-state index contributed by atoms with van der Waals surface area (Å²) in [5, 5.41) is 41.7. The van der Waals surface area contributed by atoms with Gasteiger partial charge in [0.1, 0.15) is 24.1 Å². The molecule has 0 radical (unpaired) electrons. The van der Waals surface area contributed by atoms with E-state index in [1.807, 2.05) is 0 Å². The van der Waals surface area contributed by atoms with Crippen molar-refractivity contribution in [2.75, 3.05) is 0 Å². The van der Waals surface area contributed by atoms with Crippen LogP contribution in [0.25, 0.3) is 0 Å². The molecule has 0 atom stereocenters. The second kappa shape index (κ2) is 11.4. The fourth-order valence-corrected chi connectivity index (χ4v) is 2.15. The first-order valence-corrected chi connectivity index (χ1v) is 7.05. The Balaban J connectivity index is 0. The summed E-state index contributed by atoms with van der Waals surface area (Å²) in [5.74, 6) is -7.58. The molecule has 0 heterocycles. The number of aliphatic carboxylic acids is 3. The highest BCUT2D eigenvalue weighted by Crippen LogP contribution is 2.55. The van der Waals surface area contributed by atoms with Crippen molar-refractivity contribution in [3.63, 3.8) is 0 Å². The Morgan fingerprint density at radius 3 is 1.45 bits per heavy atom. The van der Waals surface area contributed by atoms with Gasteiger partial charge in [0.05, 0.1) is 0 Å². The molecule has 0 bridgehead atoms. The number of nitriles is 2. The summed E-state index contributed by atoms with van der Waals surface area (Å²) >= 11 is -0.113. The molecule has 13 nitrogen and oxygen atoms in total. The standard InChI is InChI=1S/C4HN2O7PS2.C2H2O4/c5-1-15-12-14(10,13-16-2-6)11-4(9)3(7)8;3-1(4)2(5)6/h(H,7,8);(H,3,4)(H,5,6). The van der Waals surface area contributed by atoms with Crippen LogP contribution in [0.5, 0.6) is 0 Å². The highest BCUT2D eigenvalue weighted by atomic mass is 32.2. The molecule has 0 aromatic rings. The summed E-state index contributed by atoms with van der Waals surface area (Å²) < 4.78 is 23.4. The predicted molar refractivity (Wildman–Crippen MR) is 65.2 cm³/mol. The zero-order chi connectivity index (χ0) is 17.8. The molecular formula is C6H3N2O11PS2. The number of carbonyl (C=O) groups excluding carboxylic acids is 1. The number of thiocyanates is 2. The van der Waals surface area contributed by atoms with Crippen molar-refractivity contribution in [2.45, 2.75) is 0 Å². The average Bonchev–Trinajstić information content (AvgIpc) is 2.43. The molecule has 3 N–H and O–H groups in total. The molecule has 0 saturated heterocycles. The van der Waals surface area contributed by atoms with Crippen molar-refractivity contribution in [1.29, 1.82) is 10.5 Å². The van der Waals surface area contributed by atoms with Crippen LogP contribution in [-0.2, 0) is 36.2 Å². The van der Waals surface area contributed by atoms with Crippen molar-refractivity contribution >= 4 is 55.8 Å². The number of phosphoric acid groups is 1. The van der Waals surface area contributed by atoms with Crippen LogP contribution >= 0.6 is 31.9 Å². The lowest BCUT2D eigenvalue weighted by Crippen LogP contribution is -2.15. The highest BCUT2D eigenvalue weighted by molar-refractivity contribution is 8.05. The number of carbonyl (C=O) groups is 4. The molecule has 0 aromatic heterocycles. The molecule has 0 saturated carbocycles. The second-order valence-electron chi connectivity index (χ2n) is 2.24. The molecule has 16 heteroatoms. The van der Waals surface area contributed by atoms with E-state index in [1.54, 1.807) is 0 Å². The Hall–Kier alpha value is -2.29. The summed E-state index contributed by atoms with van der Waals surface area (Å²) in [7, 11) is -4.61. The Labute approximate surface area is 129 Å². The average molecular weight is 374 g/mol. The molecule has 0 amide bonds. The lowest BCUT2D eigenvalue weighted by Gasteiger charge is -2.10. The third-order valence-corrected chi connectivity index (χ3v) is 3.48. The van der Waals surface area contributed by atoms with Crippen LogP contribution in [0.4, 0.5) is 0 Å². The van der Waals surface area contributed by atoms with Crippen molar-refractivity contribution in [2.24, 2.45) is 0 Å². The van der Waals surface area contributed by atoms with E-state index in [-0.39, 0.29) is 24.1 Å². The van der Waals surface area contributed by atoms with E-state index in [0.29, 0.717) is 0 Å². The minimum absolute atomic E-state index is 0.0563. The lowest BCUT2D eigenvalue weighted by molar-refractivity contribution is -0.159. The van der Waals surface area contributed by atoms with E-state index in [9.17, 15) is 14.2 Å². The fraction of sp³-hybridized carbons (Fsp3) is 0. The van der Waals surface area contributed by atoms with Crippen molar-refractivity contribution in [3.8, 4) is 10.8 Å². The summed E-state index contributed by atoms with van der Waals surface area (Å²) in [6.45, 7) is 0. The summed E-state index contributed by atoms with van der Waals surface area (Å²) in [5.41, 5.74) is 0. The molecule has 0 aromatic carbocycles. The van der Waals surface area contributed by atoms with Gasteiger partial charge < -0.3 is 19.8 Å². The van der Waals surface area contributed by atoms with Gasteiger partial charge in [-0.2, -0.15) is 18.5 Å². The topological polar surface area (TPSA) is 221 Å². The summed E-state index contributed by atoms with van der Waals surface area (Å²) in [6.07, 6.45) is 0. The van der Waals surface area contributed by atoms with Gasteiger partial charge in [0, 0.05) is 0 Å². The Morgan fingerprint density at radius 1 is 0.864 bits per heavy atom. The normalized spacial score (nSPS) is 9.18. The van der Waals surface area contributed by atoms with Crippen LogP contribution < -0.4 is 0 Å². The maximum atomic E-state index is 11.4. The predicted octanol–water partition coefficient (Wildman–Crippen LogP) is 0.170. The molecule has 22 heavy (non-hydrogen) atoms. The zero-order valence-corrected chi connectivity index (χ0v) is 12.3. The van der Waals surface area contributed by atoms with Crippen LogP contribution in [0.15, 0.2) is 0 Å². The number of hydrogen-bond acceptors (Lipinski definition) is 12. The maximum Gasteiger partial charge on any atom is 0.557 e. The summed E-state index contributed by atoms with van der Waals surface area (Å²) in [6, 6.07) is 0. The molecule has 120 valence electrons. The van der Waals surface area contributed by atoms with Crippen LogP contribution in [-0.4, -0.2) is 39.2 Å². The van der Waals surface area contributed by atoms with Crippen LogP contribution in [0.1, 0.15) is 0 Å². The van der Waals surface area contributed by atoms with E-state index in [4.69, 9.17) is 35.4 Å². The van der Waals surface area contributed by atoms with Crippen molar-refractivity contribution < 1.29 is 51.5 Å². The van der Waals surface area contributed by atoms with Gasteiger partial charge in [-0.05, 0) is 0 Å². The van der Waals surface area contributed by atoms with E-state index in [2.05, 4.69) is 12.5 Å². The van der Waals surface area contributed by atoms with E-state index >= 15 is 0 Å². The van der Waals surface area contributed by atoms with Gasteiger partial charge >= 0.3 is 31.7 Å². The maximum absolute atomic E-state index is 11.4. The number of hydrogen-bond donors (Lipinski definition) is 3. The van der Waals surface area contributed by atoms with E-state index < -0.39 is 31.7 Å². The van der Waals surface area contributed by atoms with Crippen molar-refractivity contribution in [1.82, 2.24) is 0 Å². The molecule has 0 spiro atoms. The van der Waals surface area contributed by atoms with E-state index in [0.717, 1.165) is 0 Å². The first-order valence-electron chi connectivity index (χ1n) is 4.11. The number of carboxylic acids is 3. The smallest absolute Gasteiger partial charge is 0.473 e. The largest absolute Gasteiger partial charge is 0.557 e. The Kier molecular flexibility index (Phi) is 11.4. The van der Waals surface area contributed by atoms with Crippen LogP contribution in [0.3, 0.4) is 0 Å². The zero-order valence-electron chi connectivity index (χ0n) is 9.77. The first kappa shape index (κ1) is 22.0. The Morgan fingerprint density at radius 2 is 1.23 bits per heavy atom. The number of nitrogens with zero attached hydrogens (tertiary/aromatic N) is 2. The number of rotatable bonds is 5. The number of carboxylic acid groups (broad SMARTS) is 3. The monoisotopic (exact) mass is 374 g/mol. The quantitative estimate of drug-likeness (QED) is 0.252. The van der Waals surface area contributed by atoms with Crippen LogP contribution in [0, 0.1) is 21.3 Å². The van der Waals surface area contributed by atoms with Crippen LogP contribution in [0.2, 0.25) is 0 Å². The Bertz CT molecular complexity index is 544. The summed E-state index contributed by atoms with van der Waals surface area (Å²) in [4.78, 5) is 38.8. The fourth-order valence-electron chi connectivity index (χ4n) is 0.308.